The van der Waals surface area contributed by atoms with Crippen LogP contribution in [0.1, 0.15) is 83.0 Å². The number of para-hydroxylation sites is 2. The van der Waals surface area contributed by atoms with Crippen molar-refractivity contribution in [1.82, 2.24) is 0 Å². The minimum absolute atomic E-state index is 0.0205. The Morgan fingerprint density at radius 3 is 1.56 bits per heavy atom. The van der Waals surface area contributed by atoms with E-state index in [1.165, 1.54) is 0 Å². The van der Waals surface area contributed by atoms with Crippen LogP contribution in [0.5, 0.6) is 0 Å². The highest BCUT2D eigenvalue weighted by atomic mass is 32.2. The van der Waals surface area contributed by atoms with Gasteiger partial charge in [0.05, 0.1) is 12.1 Å². The molecule has 2 heterocycles. The van der Waals surface area contributed by atoms with Crippen molar-refractivity contribution < 1.29 is 14.4 Å². The van der Waals surface area contributed by atoms with Gasteiger partial charge in [0.2, 0.25) is 17.7 Å². The lowest BCUT2D eigenvalue weighted by molar-refractivity contribution is -0.119. The lowest BCUT2D eigenvalue weighted by atomic mass is 9.91. The van der Waals surface area contributed by atoms with Gasteiger partial charge in [-0.2, -0.15) is 0 Å². The molecule has 0 aliphatic carbocycles. The minimum atomic E-state index is -0.0205. The van der Waals surface area contributed by atoms with Crippen LogP contribution in [0.3, 0.4) is 0 Å². The first-order valence-electron chi connectivity index (χ1n) is 17.7. The lowest BCUT2D eigenvalue weighted by Gasteiger charge is -2.40. The van der Waals surface area contributed by atoms with Crippen molar-refractivity contribution in [3.8, 4) is 0 Å². The molecular formula is C41H47N5O3S. The zero-order valence-electron chi connectivity index (χ0n) is 29.3. The highest BCUT2D eigenvalue weighted by molar-refractivity contribution is 7.99. The molecule has 0 radical (unpaired) electrons. The van der Waals surface area contributed by atoms with E-state index in [0.717, 1.165) is 57.3 Å². The molecule has 9 heteroatoms. The van der Waals surface area contributed by atoms with Gasteiger partial charge in [-0.05, 0) is 98.5 Å². The molecular weight excluding hydrogens is 643 g/mol. The quantitative estimate of drug-likeness (QED) is 0.136. The number of rotatable bonds is 11. The van der Waals surface area contributed by atoms with Crippen molar-refractivity contribution in [2.24, 2.45) is 0 Å². The monoisotopic (exact) mass is 689 g/mol. The summed E-state index contributed by atoms with van der Waals surface area (Å²) in [6.45, 7) is 8.04. The van der Waals surface area contributed by atoms with E-state index in [0.29, 0.717) is 25.0 Å². The van der Waals surface area contributed by atoms with Crippen molar-refractivity contribution in [3.05, 3.63) is 108 Å². The first-order valence-corrected chi connectivity index (χ1v) is 18.7. The molecule has 4 atom stereocenters. The topological polar surface area (TPSA) is 93.8 Å². The predicted molar refractivity (Wildman–Crippen MR) is 206 cm³/mol. The number of nitrogens with zero attached hydrogens (tertiary/aromatic N) is 2. The number of amides is 3. The molecule has 8 nitrogen and oxygen atoms in total. The van der Waals surface area contributed by atoms with Crippen molar-refractivity contribution in [3.63, 3.8) is 0 Å². The second kappa shape index (κ2) is 15.9. The van der Waals surface area contributed by atoms with Gasteiger partial charge < -0.3 is 25.8 Å². The third-order valence-corrected chi connectivity index (χ3v) is 10.6. The number of fused-ring (bicyclic) bond motifs is 2. The smallest absolute Gasteiger partial charge is 0.226 e. The number of carbonyl (C=O) groups excluding carboxylic acids is 3. The largest absolute Gasteiger partial charge is 0.378 e. The van der Waals surface area contributed by atoms with Gasteiger partial charge in [-0.25, -0.2) is 0 Å². The molecule has 2 aliphatic heterocycles. The van der Waals surface area contributed by atoms with Crippen molar-refractivity contribution in [2.45, 2.75) is 88.9 Å². The zero-order chi connectivity index (χ0) is 35.2. The molecule has 0 saturated heterocycles. The maximum absolute atomic E-state index is 12.8. The van der Waals surface area contributed by atoms with E-state index in [1.54, 1.807) is 11.8 Å². The fourth-order valence-corrected chi connectivity index (χ4v) is 8.04. The van der Waals surface area contributed by atoms with Gasteiger partial charge in [-0.3, -0.25) is 14.4 Å². The first-order chi connectivity index (χ1) is 24.2. The van der Waals surface area contributed by atoms with E-state index >= 15 is 0 Å². The van der Waals surface area contributed by atoms with Crippen LogP contribution in [-0.2, 0) is 14.4 Å². The van der Waals surface area contributed by atoms with Gasteiger partial charge >= 0.3 is 0 Å². The summed E-state index contributed by atoms with van der Waals surface area (Å²) in [5.41, 5.74) is 6.99. The van der Waals surface area contributed by atoms with Crippen LogP contribution in [0, 0.1) is 0 Å². The molecule has 4 aromatic rings. The molecule has 0 bridgehead atoms. The van der Waals surface area contributed by atoms with Gasteiger partial charge in [0.15, 0.2) is 0 Å². The number of nitrogens with one attached hydrogen (secondary N) is 3. The number of carbonyl (C=O) groups is 3. The molecule has 50 heavy (non-hydrogen) atoms. The van der Waals surface area contributed by atoms with Crippen molar-refractivity contribution >= 4 is 57.9 Å². The summed E-state index contributed by atoms with van der Waals surface area (Å²) in [7, 11) is 0. The Morgan fingerprint density at radius 2 is 1.08 bits per heavy atom. The molecule has 0 saturated carbocycles. The highest BCUT2D eigenvalue weighted by Crippen LogP contribution is 2.41. The second-order valence-electron chi connectivity index (χ2n) is 13.2. The number of hydrogen-bond acceptors (Lipinski definition) is 6. The summed E-state index contributed by atoms with van der Waals surface area (Å²) in [4.78, 5) is 43.1. The van der Waals surface area contributed by atoms with Gasteiger partial charge in [-0.1, -0.05) is 50.2 Å². The molecule has 4 aromatic carbocycles. The summed E-state index contributed by atoms with van der Waals surface area (Å²) in [5, 5.41) is 10.4. The third-order valence-electron chi connectivity index (χ3n) is 9.62. The standard InChI is InChI=1S/C41H47N5O3S/c1-5-40(48)45-27(3)25-35(33-11-7-9-13-37(33)45)42-29-15-17-31(18-16-29)44-39(47)23-24-50-32-21-19-30(20-22-32)43-36-26-28(4)46(41(49)6-2)38-14-10-8-12-34(36)38/h7-22,27-28,35-36,42-43H,5-6,23-26H2,1-4H3,(H,44,47)/t27-,28-,35+,36+/m0/s1. The Hall–Kier alpha value is -4.76. The molecule has 2 aliphatic rings. The maximum atomic E-state index is 12.8. The molecule has 3 N–H and O–H groups in total. The lowest BCUT2D eigenvalue weighted by Crippen LogP contribution is -2.44. The molecule has 0 spiro atoms. The average molecular weight is 690 g/mol. The minimum Gasteiger partial charge on any atom is -0.378 e. The molecule has 0 aromatic heterocycles. The van der Waals surface area contributed by atoms with Gasteiger partial charge in [0.25, 0.3) is 0 Å². The number of thioether (sulfide) groups is 1. The Labute approximate surface area is 300 Å². The maximum Gasteiger partial charge on any atom is 0.226 e. The normalized spacial score (nSPS) is 19.6. The van der Waals surface area contributed by atoms with Gasteiger partial charge in [-0.15, -0.1) is 11.8 Å². The van der Waals surface area contributed by atoms with Crippen molar-refractivity contribution in [2.75, 3.05) is 31.5 Å². The van der Waals surface area contributed by atoms with Crippen LogP contribution in [-0.4, -0.2) is 35.6 Å². The number of benzene rings is 4. The Kier molecular flexibility index (Phi) is 11.1. The van der Waals surface area contributed by atoms with E-state index in [2.05, 4.69) is 66.2 Å². The van der Waals surface area contributed by atoms with Crippen LogP contribution >= 0.6 is 11.8 Å². The summed E-state index contributed by atoms with van der Waals surface area (Å²) in [6, 6.07) is 32.9. The summed E-state index contributed by atoms with van der Waals surface area (Å²) >= 11 is 1.66. The predicted octanol–water partition coefficient (Wildman–Crippen LogP) is 9.18. The van der Waals surface area contributed by atoms with E-state index in [4.69, 9.17) is 0 Å². The fourth-order valence-electron chi connectivity index (χ4n) is 7.18. The Balaban J connectivity index is 0.978. The van der Waals surface area contributed by atoms with Gasteiger partial charge in [0.1, 0.15) is 0 Å². The molecule has 0 unspecified atom stereocenters. The van der Waals surface area contributed by atoms with E-state index in [-0.39, 0.29) is 41.9 Å². The molecule has 0 fully saturated rings. The molecule has 260 valence electrons. The number of hydrogen-bond donors (Lipinski definition) is 3. The van der Waals surface area contributed by atoms with Crippen LogP contribution < -0.4 is 25.8 Å². The highest BCUT2D eigenvalue weighted by Gasteiger charge is 2.34. The van der Waals surface area contributed by atoms with E-state index in [9.17, 15) is 14.4 Å². The van der Waals surface area contributed by atoms with Crippen molar-refractivity contribution in [1.29, 1.82) is 0 Å². The van der Waals surface area contributed by atoms with Gasteiger partial charge in [0, 0.05) is 70.4 Å². The Morgan fingerprint density at radius 1 is 0.640 bits per heavy atom. The van der Waals surface area contributed by atoms with Crippen LogP contribution in [0.25, 0.3) is 0 Å². The molecule has 3 amide bonds. The average Bonchev–Trinajstić information content (AvgIpc) is 3.12. The Bertz CT molecular complexity index is 1810. The fraction of sp³-hybridized carbons (Fsp3) is 0.341. The van der Waals surface area contributed by atoms with Crippen LogP contribution in [0.15, 0.2) is 102 Å². The van der Waals surface area contributed by atoms with Crippen LogP contribution in [0.4, 0.5) is 28.4 Å². The number of anilines is 5. The summed E-state index contributed by atoms with van der Waals surface area (Å²) < 4.78 is 0. The second-order valence-corrected chi connectivity index (χ2v) is 14.3. The summed E-state index contributed by atoms with van der Waals surface area (Å²) in [5.74, 6) is 0.946. The zero-order valence-corrected chi connectivity index (χ0v) is 30.1. The van der Waals surface area contributed by atoms with Crippen LogP contribution in [0.2, 0.25) is 0 Å². The molecule has 6 rings (SSSR count). The van der Waals surface area contributed by atoms with E-state index in [1.807, 2.05) is 84.3 Å². The summed E-state index contributed by atoms with van der Waals surface area (Å²) in [6.07, 6.45) is 3.02. The third kappa shape index (κ3) is 7.83. The SMILES string of the molecule is CCC(=O)N1c2ccccc2[C@H](Nc2ccc(NC(=O)CCSc3ccc(N[C@@H]4C[C@H](C)N(C(=O)CC)c5ccccc54)cc3)cc2)C[C@@H]1C. The van der Waals surface area contributed by atoms with E-state index < -0.39 is 0 Å². The first kappa shape index (κ1) is 35.1.